The van der Waals surface area contributed by atoms with E-state index >= 15 is 0 Å². The van der Waals surface area contributed by atoms with Gasteiger partial charge in [0.2, 0.25) is 0 Å². The number of nitrogens with two attached hydrogens (primary N) is 2. The SMILES string of the molecule is Nc1nc2c(o1)C(N)CC2. The van der Waals surface area contributed by atoms with Crippen LogP contribution in [0.5, 0.6) is 0 Å². The van der Waals surface area contributed by atoms with Gasteiger partial charge in [0.15, 0.2) is 0 Å². The van der Waals surface area contributed by atoms with E-state index < -0.39 is 0 Å². The third kappa shape index (κ3) is 0.623. The molecule has 0 saturated heterocycles. The highest BCUT2D eigenvalue weighted by Crippen LogP contribution is 2.29. The first-order valence-corrected chi connectivity index (χ1v) is 3.28. The molecule has 0 saturated carbocycles. The van der Waals surface area contributed by atoms with Crippen LogP contribution in [0.25, 0.3) is 0 Å². The summed E-state index contributed by atoms with van der Waals surface area (Å²) in [4.78, 5) is 3.97. The molecule has 1 atom stereocenters. The lowest BCUT2D eigenvalue weighted by Crippen LogP contribution is -2.04. The van der Waals surface area contributed by atoms with Gasteiger partial charge in [-0.25, -0.2) is 0 Å². The van der Waals surface area contributed by atoms with Crippen LogP contribution in [0.3, 0.4) is 0 Å². The Labute approximate surface area is 58.2 Å². The van der Waals surface area contributed by atoms with Gasteiger partial charge in [0, 0.05) is 0 Å². The number of aromatic nitrogens is 1. The molecule has 1 aromatic heterocycles. The smallest absolute Gasteiger partial charge is 0.292 e. The summed E-state index contributed by atoms with van der Waals surface area (Å²) in [6, 6.07) is 0.250. The molecule has 0 fully saturated rings. The Morgan fingerprint density at radius 1 is 1.60 bits per heavy atom. The first-order valence-electron chi connectivity index (χ1n) is 3.28. The molecular weight excluding hydrogens is 130 g/mol. The molecule has 0 amide bonds. The summed E-state index contributed by atoms with van der Waals surface area (Å²) in [7, 11) is 0. The van der Waals surface area contributed by atoms with Crippen molar-refractivity contribution in [3.05, 3.63) is 11.5 Å². The molecule has 54 valence electrons. The summed E-state index contributed by atoms with van der Waals surface area (Å²) in [6.07, 6.45) is 1.83. The Morgan fingerprint density at radius 3 is 3.10 bits per heavy atom. The highest BCUT2D eigenvalue weighted by molar-refractivity contribution is 5.26. The third-order valence-electron chi connectivity index (χ3n) is 1.77. The van der Waals surface area contributed by atoms with E-state index in [2.05, 4.69) is 4.98 Å². The zero-order valence-corrected chi connectivity index (χ0v) is 5.50. The number of fused-ring (bicyclic) bond motifs is 1. The standard InChI is InChI=1S/C6H9N3O/c7-3-1-2-4-5(3)10-6(8)9-4/h3H,1-2,7H2,(H2,8,9). The highest BCUT2D eigenvalue weighted by Gasteiger charge is 2.24. The molecule has 0 radical (unpaired) electrons. The Morgan fingerprint density at radius 2 is 2.40 bits per heavy atom. The topological polar surface area (TPSA) is 78.1 Å². The molecule has 1 aliphatic carbocycles. The second kappa shape index (κ2) is 1.73. The van der Waals surface area contributed by atoms with Crippen LogP contribution < -0.4 is 11.5 Å². The summed E-state index contributed by atoms with van der Waals surface area (Å²) in [5.74, 6) is 0.775. The fourth-order valence-electron chi connectivity index (χ4n) is 1.27. The molecule has 0 aromatic carbocycles. The van der Waals surface area contributed by atoms with Gasteiger partial charge in [-0.2, -0.15) is 4.98 Å². The number of hydrogen-bond acceptors (Lipinski definition) is 4. The minimum atomic E-state index is 0.0137. The number of rotatable bonds is 0. The third-order valence-corrected chi connectivity index (χ3v) is 1.77. The van der Waals surface area contributed by atoms with Crippen molar-refractivity contribution < 1.29 is 4.42 Å². The first-order chi connectivity index (χ1) is 4.77. The van der Waals surface area contributed by atoms with Gasteiger partial charge in [-0.3, -0.25) is 0 Å². The van der Waals surface area contributed by atoms with E-state index in [-0.39, 0.29) is 12.1 Å². The number of nitrogens with zero attached hydrogens (tertiary/aromatic N) is 1. The molecule has 4 nitrogen and oxygen atoms in total. The van der Waals surface area contributed by atoms with Crippen LogP contribution in [-0.2, 0) is 6.42 Å². The van der Waals surface area contributed by atoms with E-state index in [1.165, 1.54) is 0 Å². The Hall–Kier alpha value is -1.03. The fourth-order valence-corrected chi connectivity index (χ4v) is 1.27. The Kier molecular flexibility index (Phi) is 0.990. The van der Waals surface area contributed by atoms with Crippen molar-refractivity contribution >= 4 is 6.01 Å². The molecule has 10 heavy (non-hydrogen) atoms. The van der Waals surface area contributed by atoms with Crippen LogP contribution in [0.4, 0.5) is 6.01 Å². The van der Waals surface area contributed by atoms with Gasteiger partial charge < -0.3 is 15.9 Å². The zero-order chi connectivity index (χ0) is 7.14. The van der Waals surface area contributed by atoms with Crippen LogP contribution in [0, 0.1) is 0 Å². The molecule has 4 N–H and O–H groups in total. The number of nitrogen functional groups attached to an aromatic ring is 1. The highest BCUT2D eigenvalue weighted by atomic mass is 16.4. The van der Waals surface area contributed by atoms with Gasteiger partial charge in [0.05, 0.1) is 11.7 Å². The van der Waals surface area contributed by atoms with Crippen molar-refractivity contribution in [3.8, 4) is 0 Å². The largest absolute Gasteiger partial charge is 0.427 e. The van der Waals surface area contributed by atoms with E-state index in [0.29, 0.717) is 0 Å². The average Bonchev–Trinajstić information content (AvgIpc) is 2.35. The van der Waals surface area contributed by atoms with Gasteiger partial charge >= 0.3 is 0 Å². The maximum Gasteiger partial charge on any atom is 0.292 e. The molecule has 4 heteroatoms. The molecule has 1 aromatic rings. The van der Waals surface area contributed by atoms with Crippen molar-refractivity contribution in [2.45, 2.75) is 18.9 Å². The lowest BCUT2D eigenvalue weighted by molar-refractivity contribution is 0.484. The second-order valence-corrected chi connectivity index (χ2v) is 2.51. The monoisotopic (exact) mass is 139 g/mol. The summed E-state index contributed by atoms with van der Waals surface area (Å²) in [5, 5.41) is 0. The number of hydrogen-bond donors (Lipinski definition) is 2. The van der Waals surface area contributed by atoms with Crippen molar-refractivity contribution in [2.75, 3.05) is 5.73 Å². The summed E-state index contributed by atoms with van der Waals surface area (Å²) >= 11 is 0. The molecule has 0 aliphatic heterocycles. The predicted molar refractivity (Wildman–Crippen MR) is 36.2 cm³/mol. The van der Waals surface area contributed by atoms with E-state index in [9.17, 15) is 0 Å². The molecule has 1 aliphatic rings. The van der Waals surface area contributed by atoms with Crippen LogP contribution in [-0.4, -0.2) is 4.98 Å². The number of anilines is 1. The van der Waals surface area contributed by atoms with Crippen molar-refractivity contribution in [2.24, 2.45) is 5.73 Å². The zero-order valence-electron chi connectivity index (χ0n) is 5.50. The van der Waals surface area contributed by atoms with E-state index in [1.807, 2.05) is 0 Å². The summed E-state index contributed by atoms with van der Waals surface area (Å²) < 4.78 is 5.08. The normalized spacial score (nSPS) is 23.1. The van der Waals surface area contributed by atoms with Gasteiger partial charge in [0.1, 0.15) is 5.76 Å². The number of oxazole rings is 1. The Bertz CT molecular complexity index is 255. The van der Waals surface area contributed by atoms with Gasteiger partial charge in [-0.1, -0.05) is 0 Å². The molecule has 2 rings (SSSR count). The van der Waals surface area contributed by atoms with Crippen LogP contribution in [0.1, 0.15) is 23.9 Å². The minimum absolute atomic E-state index is 0.0137. The van der Waals surface area contributed by atoms with E-state index in [1.54, 1.807) is 0 Å². The molecule has 0 spiro atoms. The van der Waals surface area contributed by atoms with Crippen molar-refractivity contribution in [1.82, 2.24) is 4.98 Å². The summed E-state index contributed by atoms with van der Waals surface area (Å²) in [6.45, 7) is 0. The van der Waals surface area contributed by atoms with E-state index in [4.69, 9.17) is 15.9 Å². The van der Waals surface area contributed by atoms with Gasteiger partial charge in [-0.15, -0.1) is 0 Å². The molecule has 1 heterocycles. The maximum atomic E-state index is 5.67. The molecule has 1 unspecified atom stereocenters. The first kappa shape index (κ1) is 5.73. The molecular formula is C6H9N3O. The quantitative estimate of drug-likeness (QED) is 0.538. The van der Waals surface area contributed by atoms with Crippen LogP contribution in [0.15, 0.2) is 4.42 Å². The average molecular weight is 139 g/mol. The lowest BCUT2D eigenvalue weighted by Gasteiger charge is -1.96. The van der Waals surface area contributed by atoms with Crippen LogP contribution in [0.2, 0.25) is 0 Å². The van der Waals surface area contributed by atoms with E-state index in [0.717, 1.165) is 24.3 Å². The van der Waals surface area contributed by atoms with Crippen molar-refractivity contribution in [3.63, 3.8) is 0 Å². The van der Waals surface area contributed by atoms with Gasteiger partial charge in [-0.05, 0) is 12.8 Å². The summed E-state index contributed by atoms with van der Waals surface area (Å²) in [5.41, 5.74) is 11.9. The van der Waals surface area contributed by atoms with Crippen LogP contribution >= 0.6 is 0 Å². The number of aryl methyl sites for hydroxylation is 1. The Balaban J connectivity index is 2.49. The van der Waals surface area contributed by atoms with Crippen molar-refractivity contribution in [1.29, 1.82) is 0 Å². The minimum Gasteiger partial charge on any atom is -0.427 e. The fraction of sp³-hybridized carbons (Fsp3) is 0.500. The predicted octanol–water partition coefficient (Wildman–Crippen LogP) is 0.203. The lowest BCUT2D eigenvalue weighted by atomic mass is 10.3. The molecule has 0 bridgehead atoms. The second-order valence-electron chi connectivity index (χ2n) is 2.51. The van der Waals surface area contributed by atoms with Gasteiger partial charge in [0.25, 0.3) is 6.01 Å². The maximum absolute atomic E-state index is 5.67.